The van der Waals surface area contributed by atoms with E-state index in [1.54, 1.807) is 16.9 Å². The Kier molecular flexibility index (Phi) is 9.09. The zero-order valence-corrected chi connectivity index (χ0v) is 23.3. The van der Waals surface area contributed by atoms with Gasteiger partial charge >= 0.3 is 6.61 Å². The molecule has 0 aromatic carbocycles. The lowest BCUT2D eigenvalue weighted by Gasteiger charge is -2.33. The number of carbonyl (C=O) groups is 2. The van der Waals surface area contributed by atoms with Gasteiger partial charge in [-0.3, -0.25) is 14.3 Å². The minimum atomic E-state index is -2.90. The van der Waals surface area contributed by atoms with Crippen LogP contribution >= 0.6 is 0 Å². The maximum absolute atomic E-state index is 14.0. The SMILES string of the molecule is CCCC(=O)N[C@@H](c1cnn2cc([C@@H](NC(=O)c3cnn(CCOC(F)F)c3)C3CCC(F)(F)CC3)nc2c1)C1CC1. The number of hydrogen-bond donors (Lipinski definition) is 2. The molecule has 3 aromatic heterocycles. The van der Waals surface area contributed by atoms with Crippen molar-refractivity contribution in [3.8, 4) is 0 Å². The summed E-state index contributed by atoms with van der Waals surface area (Å²) in [5, 5.41) is 14.6. The predicted octanol–water partition coefficient (Wildman–Crippen LogP) is 4.83. The lowest BCUT2D eigenvalue weighted by Crippen LogP contribution is -2.37. The number of halogens is 4. The second kappa shape index (κ2) is 12.8. The van der Waals surface area contributed by atoms with E-state index in [0.717, 1.165) is 24.8 Å². The highest BCUT2D eigenvalue weighted by Gasteiger charge is 2.40. The molecule has 3 aromatic rings. The number of amides is 2. The molecule has 0 bridgehead atoms. The van der Waals surface area contributed by atoms with E-state index >= 15 is 0 Å². The van der Waals surface area contributed by atoms with Crippen LogP contribution in [0.1, 0.15) is 92.0 Å². The van der Waals surface area contributed by atoms with Crippen molar-refractivity contribution in [2.45, 2.75) is 89.5 Å². The molecule has 14 heteroatoms. The van der Waals surface area contributed by atoms with E-state index in [4.69, 9.17) is 4.98 Å². The van der Waals surface area contributed by atoms with E-state index in [9.17, 15) is 27.2 Å². The summed E-state index contributed by atoms with van der Waals surface area (Å²) in [7, 11) is 0. The molecule has 0 spiro atoms. The van der Waals surface area contributed by atoms with E-state index in [-0.39, 0.29) is 62.3 Å². The standard InChI is InChI=1S/C28H35F4N7O3/c1-2-3-23(40)36-24(17-4-5-17)19-12-22-35-21(16-39(22)34-13-19)25(18-6-8-28(31,32)9-7-18)37-26(41)20-14-33-38(15-20)10-11-42-27(29)30/h12-18,24-25,27H,2-11H2,1H3,(H,36,40)(H,37,41)/t24-,25+/m1/s1. The Morgan fingerprint density at radius 3 is 2.48 bits per heavy atom. The van der Waals surface area contributed by atoms with Crippen molar-refractivity contribution in [1.29, 1.82) is 0 Å². The summed E-state index contributed by atoms with van der Waals surface area (Å²) in [6.45, 7) is -1.20. The number of fused-ring (bicyclic) bond motifs is 1. The fraction of sp³-hybridized carbons (Fsp3) is 0.607. The molecule has 0 unspecified atom stereocenters. The Bertz CT molecular complexity index is 1380. The molecule has 10 nitrogen and oxygen atoms in total. The molecule has 2 aliphatic rings. The van der Waals surface area contributed by atoms with Gasteiger partial charge in [-0.15, -0.1) is 0 Å². The molecule has 0 aliphatic heterocycles. The lowest BCUT2D eigenvalue weighted by molar-refractivity contribution is -0.130. The fourth-order valence-electron chi connectivity index (χ4n) is 5.50. The van der Waals surface area contributed by atoms with Crippen LogP contribution in [0.5, 0.6) is 0 Å². The highest BCUT2D eigenvalue weighted by atomic mass is 19.3. The number of hydrogen-bond acceptors (Lipinski definition) is 6. The van der Waals surface area contributed by atoms with E-state index in [1.165, 1.54) is 17.1 Å². The van der Waals surface area contributed by atoms with Crippen LogP contribution in [0.4, 0.5) is 17.6 Å². The number of carbonyl (C=O) groups excluding carboxylic acids is 2. The summed E-state index contributed by atoms with van der Waals surface area (Å²) in [6, 6.07) is 1.03. The van der Waals surface area contributed by atoms with Crippen LogP contribution in [-0.4, -0.2) is 55.3 Å². The minimum Gasteiger partial charge on any atom is -0.349 e. The van der Waals surface area contributed by atoms with E-state index in [1.807, 2.05) is 13.0 Å². The lowest BCUT2D eigenvalue weighted by atomic mass is 9.81. The average molecular weight is 594 g/mol. The van der Waals surface area contributed by atoms with Crippen LogP contribution < -0.4 is 10.6 Å². The molecular formula is C28H35F4N7O3. The first-order valence-electron chi connectivity index (χ1n) is 14.4. The summed E-state index contributed by atoms with van der Waals surface area (Å²) >= 11 is 0. The van der Waals surface area contributed by atoms with Crippen molar-refractivity contribution in [3.63, 3.8) is 0 Å². The molecule has 2 saturated carbocycles. The molecule has 3 heterocycles. The molecule has 2 fully saturated rings. The largest absolute Gasteiger partial charge is 0.349 e. The Morgan fingerprint density at radius 2 is 1.79 bits per heavy atom. The monoisotopic (exact) mass is 593 g/mol. The highest BCUT2D eigenvalue weighted by Crippen LogP contribution is 2.42. The van der Waals surface area contributed by atoms with Crippen molar-refractivity contribution in [2.24, 2.45) is 11.8 Å². The minimum absolute atomic E-state index is 0.0138. The Morgan fingerprint density at radius 1 is 1.05 bits per heavy atom. The van der Waals surface area contributed by atoms with Crippen LogP contribution in [0.2, 0.25) is 0 Å². The quantitative estimate of drug-likeness (QED) is 0.275. The molecule has 0 radical (unpaired) electrons. The zero-order valence-electron chi connectivity index (χ0n) is 23.3. The number of nitrogens with one attached hydrogen (secondary N) is 2. The second-order valence-corrected chi connectivity index (χ2v) is 11.2. The normalized spacial score (nSPS) is 18.7. The van der Waals surface area contributed by atoms with E-state index < -0.39 is 24.5 Å². The van der Waals surface area contributed by atoms with Crippen molar-refractivity contribution in [1.82, 2.24) is 35.0 Å². The van der Waals surface area contributed by atoms with Crippen LogP contribution in [-0.2, 0) is 16.1 Å². The van der Waals surface area contributed by atoms with E-state index in [0.29, 0.717) is 23.7 Å². The van der Waals surface area contributed by atoms with Gasteiger partial charge in [-0.2, -0.15) is 19.0 Å². The van der Waals surface area contributed by atoms with Crippen LogP contribution in [0.15, 0.2) is 30.9 Å². The number of aromatic nitrogens is 5. The zero-order chi connectivity index (χ0) is 29.9. The Hall–Kier alpha value is -3.55. The van der Waals surface area contributed by atoms with Crippen LogP contribution in [0.25, 0.3) is 5.65 Å². The van der Waals surface area contributed by atoms with Crippen molar-refractivity contribution in [3.05, 3.63) is 47.7 Å². The van der Waals surface area contributed by atoms with Gasteiger partial charge in [0.25, 0.3) is 5.91 Å². The van der Waals surface area contributed by atoms with Gasteiger partial charge in [0.1, 0.15) is 0 Å². The maximum atomic E-state index is 14.0. The van der Waals surface area contributed by atoms with Gasteiger partial charge in [0.15, 0.2) is 5.65 Å². The van der Waals surface area contributed by atoms with Crippen molar-refractivity contribution < 1.29 is 31.9 Å². The summed E-state index contributed by atoms with van der Waals surface area (Å²) in [5.41, 5.74) is 2.04. The summed E-state index contributed by atoms with van der Waals surface area (Å²) in [6.07, 6.45) is 9.14. The highest BCUT2D eigenvalue weighted by molar-refractivity contribution is 5.94. The fourth-order valence-corrected chi connectivity index (χ4v) is 5.50. The number of nitrogens with zero attached hydrogens (tertiary/aromatic N) is 5. The number of ether oxygens (including phenoxy) is 1. The number of rotatable bonds is 13. The predicted molar refractivity (Wildman–Crippen MR) is 143 cm³/mol. The van der Waals surface area contributed by atoms with Gasteiger partial charge in [-0.1, -0.05) is 6.92 Å². The van der Waals surface area contributed by atoms with Crippen molar-refractivity contribution in [2.75, 3.05) is 6.61 Å². The number of alkyl halides is 4. The molecular weight excluding hydrogens is 558 g/mol. The molecule has 228 valence electrons. The van der Waals surface area contributed by atoms with E-state index in [2.05, 4.69) is 25.6 Å². The summed E-state index contributed by atoms with van der Waals surface area (Å²) in [4.78, 5) is 30.3. The van der Waals surface area contributed by atoms with Crippen LogP contribution in [0, 0.1) is 11.8 Å². The number of imidazole rings is 1. The molecule has 2 N–H and O–H groups in total. The van der Waals surface area contributed by atoms with Crippen molar-refractivity contribution >= 4 is 17.5 Å². The summed E-state index contributed by atoms with van der Waals surface area (Å²) in [5.74, 6) is -3.21. The Balaban J connectivity index is 1.37. The molecule has 5 rings (SSSR count). The Labute approximate surface area is 240 Å². The third-order valence-corrected chi connectivity index (χ3v) is 7.90. The smallest absolute Gasteiger partial charge is 0.345 e. The van der Waals surface area contributed by atoms with Gasteiger partial charge in [-0.05, 0) is 55.6 Å². The second-order valence-electron chi connectivity index (χ2n) is 11.2. The molecule has 2 atom stereocenters. The maximum Gasteiger partial charge on any atom is 0.345 e. The summed E-state index contributed by atoms with van der Waals surface area (Å²) < 4.78 is 59.7. The van der Waals surface area contributed by atoms with Crippen LogP contribution in [0.3, 0.4) is 0 Å². The average Bonchev–Trinajstić information content (AvgIpc) is 3.51. The topological polar surface area (TPSA) is 115 Å². The first kappa shape index (κ1) is 29.9. The molecule has 42 heavy (non-hydrogen) atoms. The first-order valence-corrected chi connectivity index (χ1v) is 14.4. The third-order valence-electron chi connectivity index (χ3n) is 7.90. The molecule has 0 saturated heterocycles. The van der Waals surface area contributed by atoms with Gasteiger partial charge in [0.2, 0.25) is 11.8 Å². The van der Waals surface area contributed by atoms with Gasteiger partial charge in [0.05, 0.1) is 55.1 Å². The molecule has 2 amide bonds. The first-order chi connectivity index (χ1) is 20.1. The van der Waals surface area contributed by atoms with Gasteiger partial charge in [0, 0.05) is 25.5 Å². The molecule has 2 aliphatic carbocycles. The van der Waals surface area contributed by atoms with Gasteiger partial charge in [-0.25, -0.2) is 18.3 Å². The van der Waals surface area contributed by atoms with Gasteiger partial charge < -0.3 is 15.4 Å². The third kappa shape index (κ3) is 7.44.